The van der Waals surface area contributed by atoms with Gasteiger partial charge in [0.25, 0.3) is 5.91 Å². The van der Waals surface area contributed by atoms with Gasteiger partial charge in [0.2, 0.25) is 0 Å². The highest BCUT2D eigenvalue weighted by Gasteiger charge is 2.14. The fraction of sp³-hybridized carbons (Fsp3) is 0.158. The fourth-order valence-electron chi connectivity index (χ4n) is 2.26. The van der Waals surface area contributed by atoms with Crippen LogP contribution in [0.1, 0.15) is 12.5 Å². The van der Waals surface area contributed by atoms with Crippen molar-refractivity contribution >= 4 is 17.2 Å². The molecule has 3 rings (SSSR count). The molecule has 2 heterocycles. The van der Waals surface area contributed by atoms with E-state index in [1.807, 2.05) is 48.0 Å². The Hall–Kier alpha value is -2.66. The summed E-state index contributed by atoms with van der Waals surface area (Å²) in [4.78, 5) is 16.4. The summed E-state index contributed by atoms with van der Waals surface area (Å²) >= 11 is 1.65. The first-order chi connectivity index (χ1) is 11.7. The lowest BCUT2D eigenvalue weighted by Gasteiger charge is -2.14. The van der Waals surface area contributed by atoms with Crippen LogP contribution >= 0.6 is 11.3 Å². The predicted octanol–water partition coefficient (Wildman–Crippen LogP) is 3.89. The minimum absolute atomic E-state index is 0.153. The lowest BCUT2D eigenvalue weighted by Crippen LogP contribution is -2.35. The first-order valence-electron chi connectivity index (χ1n) is 7.68. The molecule has 0 aliphatic carbocycles. The monoisotopic (exact) mass is 338 g/mol. The van der Waals surface area contributed by atoms with E-state index in [2.05, 4.69) is 21.7 Å². The molecule has 0 spiro atoms. The first-order valence-corrected chi connectivity index (χ1v) is 8.62. The maximum atomic E-state index is 12.2. The topological polar surface area (TPSA) is 51.2 Å². The smallest absolute Gasteiger partial charge is 0.261 e. The van der Waals surface area contributed by atoms with Gasteiger partial charge in [-0.15, -0.1) is 0 Å². The minimum Gasteiger partial charge on any atom is -0.481 e. The highest BCUT2D eigenvalue weighted by molar-refractivity contribution is 7.08. The molecule has 5 heteroatoms. The molecule has 0 aliphatic rings. The van der Waals surface area contributed by atoms with Gasteiger partial charge in [-0.25, -0.2) is 0 Å². The minimum atomic E-state index is -0.555. The lowest BCUT2D eigenvalue weighted by atomic mass is 10.1. The lowest BCUT2D eigenvalue weighted by molar-refractivity contribution is -0.127. The summed E-state index contributed by atoms with van der Waals surface area (Å²) in [6.45, 7) is 2.16. The van der Waals surface area contributed by atoms with E-state index in [1.54, 1.807) is 24.5 Å². The maximum absolute atomic E-state index is 12.2. The Labute approximate surface area is 145 Å². The molecule has 2 aromatic heterocycles. The number of ether oxygens (including phenoxy) is 1. The maximum Gasteiger partial charge on any atom is 0.261 e. The van der Waals surface area contributed by atoms with E-state index < -0.39 is 6.10 Å². The van der Waals surface area contributed by atoms with Crippen molar-refractivity contribution < 1.29 is 9.53 Å². The van der Waals surface area contributed by atoms with Crippen LogP contribution in [0.5, 0.6) is 5.75 Å². The summed E-state index contributed by atoms with van der Waals surface area (Å²) in [6.07, 6.45) is 3.04. The average Bonchev–Trinajstić information content (AvgIpc) is 3.15. The molecule has 1 unspecified atom stereocenters. The molecule has 4 nitrogen and oxygen atoms in total. The van der Waals surface area contributed by atoms with Crippen LogP contribution in [0.25, 0.3) is 11.1 Å². The predicted molar refractivity (Wildman–Crippen MR) is 95.9 cm³/mol. The van der Waals surface area contributed by atoms with Crippen LogP contribution in [0.3, 0.4) is 0 Å². The first kappa shape index (κ1) is 16.2. The number of amides is 1. The van der Waals surface area contributed by atoms with Gasteiger partial charge in [-0.2, -0.15) is 11.3 Å². The second-order valence-corrected chi connectivity index (χ2v) is 6.16. The number of benzene rings is 1. The van der Waals surface area contributed by atoms with Gasteiger partial charge in [-0.05, 0) is 53.1 Å². The number of hydrogen-bond donors (Lipinski definition) is 1. The molecule has 1 atom stereocenters. The second-order valence-electron chi connectivity index (χ2n) is 5.38. The number of thiophene rings is 1. The summed E-state index contributed by atoms with van der Waals surface area (Å²) in [7, 11) is 0. The van der Waals surface area contributed by atoms with Gasteiger partial charge in [0.15, 0.2) is 6.10 Å². The number of hydrogen-bond acceptors (Lipinski definition) is 4. The number of para-hydroxylation sites is 1. The van der Waals surface area contributed by atoms with Gasteiger partial charge >= 0.3 is 0 Å². The molecule has 1 amide bonds. The van der Waals surface area contributed by atoms with Gasteiger partial charge < -0.3 is 10.1 Å². The third-order valence-electron chi connectivity index (χ3n) is 3.54. The van der Waals surface area contributed by atoms with E-state index >= 15 is 0 Å². The fourth-order valence-corrected chi connectivity index (χ4v) is 2.93. The highest BCUT2D eigenvalue weighted by Crippen LogP contribution is 2.21. The van der Waals surface area contributed by atoms with E-state index in [0.29, 0.717) is 12.3 Å². The molecule has 0 aliphatic heterocycles. The number of pyridine rings is 1. The Morgan fingerprint density at radius 1 is 1.21 bits per heavy atom. The Balaban J connectivity index is 1.57. The van der Waals surface area contributed by atoms with E-state index in [0.717, 1.165) is 16.7 Å². The van der Waals surface area contributed by atoms with Crippen LogP contribution < -0.4 is 10.1 Å². The number of rotatable bonds is 6. The van der Waals surface area contributed by atoms with Gasteiger partial charge in [0.1, 0.15) is 5.75 Å². The van der Waals surface area contributed by atoms with Gasteiger partial charge in [0.05, 0.1) is 0 Å². The summed E-state index contributed by atoms with van der Waals surface area (Å²) in [5, 5.41) is 7.00. The molecule has 3 aromatic rings. The summed E-state index contributed by atoms with van der Waals surface area (Å²) < 4.78 is 5.62. The number of carbonyl (C=O) groups is 1. The zero-order chi connectivity index (χ0) is 16.8. The van der Waals surface area contributed by atoms with Crippen molar-refractivity contribution in [3.8, 4) is 16.9 Å². The van der Waals surface area contributed by atoms with E-state index in [-0.39, 0.29) is 5.91 Å². The second kappa shape index (κ2) is 7.75. The Morgan fingerprint density at radius 3 is 2.79 bits per heavy atom. The van der Waals surface area contributed by atoms with E-state index in [9.17, 15) is 4.79 Å². The Morgan fingerprint density at radius 2 is 2.04 bits per heavy atom. The quantitative estimate of drug-likeness (QED) is 0.742. The SMILES string of the molecule is CC(Oc1ccccc1)C(=O)NCc1cncc(-c2ccsc2)c1. The van der Waals surface area contributed by atoms with Crippen molar-refractivity contribution in [2.45, 2.75) is 19.6 Å². The van der Waals surface area contributed by atoms with Crippen LogP contribution in [0.15, 0.2) is 65.6 Å². The third kappa shape index (κ3) is 4.20. The molecule has 1 aromatic carbocycles. The Kier molecular flexibility index (Phi) is 5.23. The average molecular weight is 338 g/mol. The van der Waals surface area contributed by atoms with Crippen molar-refractivity contribution in [2.75, 3.05) is 0 Å². The van der Waals surface area contributed by atoms with Crippen LogP contribution in [0.2, 0.25) is 0 Å². The molecular weight excluding hydrogens is 320 g/mol. The normalized spacial score (nSPS) is 11.7. The van der Waals surface area contributed by atoms with Crippen LogP contribution in [-0.2, 0) is 11.3 Å². The molecule has 0 bridgehead atoms. The van der Waals surface area contributed by atoms with Crippen molar-refractivity contribution in [2.24, 2.45) is 0 Å². The van der Waals surface area contributed by atoms with Crippen molar-refractivity contribution in [3.63, 3.8) is 0 Å². The van der Waals surface area contributed by atoms with Crippen molar-refractivity contribution in [1.29, 1.82) is 0 Å². The molecule has 1 N–H and O–H groups in total. The standard InChI is InChI=1S/C19H18N2O2S/c1-14(23-18-5-3-2-4-6-18)19(22)21-11-15-9-17(12-20-10-15)16-7-8-24-13-16/h2-10,12-14H,11H2,1H3,(H,21,22). The number of nitrogens with zero attached hydrogens (tertiary/aromatic N) is 1. The van der Waals surface area contributed by atoms with Crippen LogP contribution in [0.4, 0.5) is 0 Å². The summed E-state index contributed by atoms with van der Waals surface area (Å²) in [5.41, 5.74) is 3.15. The summed E-state index contributed by atoms with van der Waals surface area (Å²) in [6, 6.07) is 13.4. The zero-order valence-electron chi connectivity index (χ0n) is 13.3. The summed E-state index contributed by atoms with van der Waals surface area (Å²) in [5.74, 6) is 0.529. The van der Waals surface area contributed by atoms with E-state index in [4.69, 9.17) is 4.74 Å². The van der Waals surface area contributed by atoms with Gasteiger partial charge in [0, 0.05) is 24.5 Å². The molecular formula is C19H18N2O2S. The molecule has 24 heavy (non-hydrogen) atoms. The third-order valence-corrected chi connectivity index (χ3v) is 4.22. The molecule has 0 saturated heterocycles. The van der Waals surface area contributed by atoms with Crippen molar-refractivity contribution in [3.05, 3.63) is 71.2 Å². The Bertz CT molecular complexity index is 788. The van der Waals surface area contributed by atoms with Crippen LogP contribution in [0, 0.1) is 0 Å². The highest BCUT2D eigenvalue weighted by atomic mass is 32.1. The molecule has 122 valence electrons. The molecule has 0 saturated carbocycles. The number of aromatic nitrogens is 1. The molecule has 0 fully saturated rings. The molecule has 0 radical (unpaired) electrons. The van der Waals surface area contributed by atoms with E-state index in [1.165, 1.54) is 0 Å². The largest absolute Gasteiger partial charge is 0.481 e. The number of nitrogens with one attached hydrogen (secondary N) is 1. The van der Waals surface area contributed by atoms with Gasteiger partial charge in [-0.1, -0.05) is 18.2 Å². The number of carbonyl (C=O) groups excluding carboxylic acids is 1. The van der Waals surface area contributed by atoms with Gasteiger partial charge in [-0.3, -0.25) is 9.78 Å². The van der Waals surface area contributed by atoms with Crippen LogP contribution in [-0.4, -0.2) is 17.0 Å². The zero-order valence-corrected chi connectivity index (χ0v) is 14.1. The van der Waals surface area contributed by atoms with Crippen molar-refractivity contribution in [1.82, 2.24) is 10.3 Å².